The first-order chi connectivity index (χ1) is 34.2. The molecule has 0 bridgehead atoms. The molecule has 2 unspecified atom stereocenters. The Balaban J connectivity index is 1.47. The van der Waals surface area contributed by atoms with Crippen molar-refractivity contribution in [2.24, 2.45) is 4.99 Å². The lowest BCUT2D eigenvalue weighted by Crippen LogP contribution is -2.56. The molecule has 73 heavy (non-hydrogen) atoms. The van der Waals surface area contributed by atoms with Gasteiger partial charge in [0.05, 0.1) is 25.5 Å². The molecule has 0 aliphatic rings. The predicted molar refractivity (Wildman–Crippen MR) is 266 cm³/mol. The number of nitrogens with zero attached hydrogens (tertiary/aromatic N) is 4. The molecule has 6 amide bonds. The molecular weight excluding hydrogens is 957 g/mol. The topological polar surface area (TPSA) is 286 Å². The standard InChI is InChI=1S/C49H67F2N11O11/c1-12-28-25-29(57-38-39-55-27-34(62(39)23-22-52-38)31-18-19-35(70-11)37(51)36(31)50)16-17-30(28)40(64)53-20-14-21-54-41(65)33(58-42(66)32(15-13-24-63)59-44(67)71-47(2,3)4)26-56-43(60-45(68)72-48(5,6)7)61-46(69)73-49(8,9)10/h16-19,22-23,25,27,32-33,63H,12-15,20-21,24,26H2,1-11H3,(H,52,57)(H,53,64)(H,54,65)(H,58,66)(H,59,67)(H2,56,60,61,68,69). The van der Waals surface area contributed by atoms with Gasteiger partial charge in [0, 0.05) is 48.9 Å². The van der Waals surface area contributed by atoms with E-state index in [2.05, 4.69) is 52.2 Å². The summed E-state index contributed by atoms with van der Waals surface area (Å²) in [5, 5.41) is 27.9. The third kappa shape index (κ3) is 18.2. The molecule has 2 heterocycles. The van der Waals surface area contributed by atoms with E-state index in [1.807, 2.05) is 6.92 Å². The van der Waals surface area contributed by atoms with Gasteiger partial charge in [0.1, 0.15) is 28.9 Å². The minimum atomic E-state index is -1.48. The Morgan fingerprint density at radius 1 is 0.767 bits per heavy atom. The van der Waals surface area contributed by atoms with Crippen LogP contribution in [0.4, 0.5) is 34.7 Å². The molecule has 0 spiro atoms. The van der Waals surface area contributed by atoms with Crippen LogP contribution in [0.15, 0.2) is 53.9 Å². The zero-order valence-electron chi connectivity index (χ0n) is 43.0. The number of carbonyl (C=O) groups excluding carboxylic acids is 6. The Hall–Kier alpha value is -7.63. The summed E-state index contributed by atoms with van der Waals surface area (Å²) < 4.78 is 52.0. The summed E-state index contributed by atoms with van der Waals surface area (Å²) in [5.41, 5.74) is -0.580. The van der Waals surface area contributed by atoms with Crippen molar-refractivity contribution in [2.75, 3.05) is 38.7 Å². The fourth-order valence-corrected chi connectivity index (χ4v) is 6.71. The number of amides is 6. The minimum absolute atomic E-state index is 0.00392. The van der Waals surface area contributed by atoms with Crippen LogP contribution in [0.3, 0.4) is 0 Å². The molecule has 0 aliphatic carbocycles. The first kappa shape index (κ1) is 57.9. The van der Waals surface area contributed by atoms with Gasteiger partial charge in [0.2, 0.25) is 23.6 Å². The van der Waals surface area contributed by atoms with E-state index in [1.54, 1.807) is 91.1 Å². The highest BCUT2D eigenvalue weighted by Crippen LogP contribution is 2.32. The van der Waals surface area contributed by atoms with E-state index in [-0.39, 0.29) is 56.0 Å². The van der Waals surface area contributed by atoms with Crippen molar-refractivity contribution < 1.29 is 61.6 Å². The first-order valence-electron chi connectivity index (χ1n) is 23.5. The number of carbonyl (C=O) groups is 6. The predicted octanol–water partition coefficient (Wildman–Crippen LogP) is 5.78. The van der Waals surface area contributed by atoms with E-state index in [0.29, 0.717) is 34.7 Å². The van der Waals surface area contributed by atoms with Crippen LogP contribution in [-0.2, 0) is 30.2 Å². The molecule has 398 valence electrons. The quantitative estimate of drug-likeness (QED) is 0.0239. The largest absolute Gasteiger partial charge is 0.494 e. The van der Waals surface area contributed by atoms with Crippen LogP contribution in [0.25, 0.3) is 16.9 Å². The molecule has 0 saturated heterocycles. The number of benzene rings is 2. The van der Waals surface area contributed by atoms with E-state index in [0.717, 1.165) is 0 Å². The lowest BCUT2D eigenvalue weighted by molar-refractivity contribution is -0.129. The van der Waals surface area contributed by atoms with Gasteiger partial charge in [-0.25, -0.2) is 33.7 Å². The van der Waals surface area contributed by atoms with E-state index in [9.17, 15) is 38.3 Å². The van der Waals surface area contributed by atoms with Crippen molar-refractivity contribution >= 4 is 59.1 Å². The summed E-state index contributed by atoms with van der Waals surface area (Å²) in [7, 11) is 1.24. The molecule has 8 N–H and O–H groups in total. The van der Waals surface area contributed by atoms with Gasteiger partial charge in [0.25, 0.3) is 5.91 Å². The van der Waals surface area contributed by atoms with Crippen LogP contribution in [0.1, 0.15) is 104 Å². The van der Waals surface area contributed by atoms with Crippen molar-refractivity contribution in [2.45, 2.75) is 124 Å². The van der Waals surface area contributed by atoms with Gasteiger partial charge in [-0.2, -0.15) is 4.39 Å². The van der Waals surface area contributed by atoms with E-state index in [4.69, 9.17) is 18.9 Å². The monoisotopic (exact) mass is 1020 g/mol. The molecule has 4 rings (SSSR count). The van der Waals surface area contributed by atoms with Crippen molar-refractivity contribution in [3.05, 3.63) is 71.7 Å². The van der Waals surface area contributed by atoms with Crippen LogP contribution < -0.4 is 42.0 Å². The molecule has 0 fully saturated rings. The number of hydrogen-bond acceptors (Lipinski definition) is 15. The zero-order valence-corrected chi connectivity index (χ0v) is 43.0. The van der Waals surface area contributed by atoms with Crippen molar-refractivity contribution in [3.8, 4) is 17.0 Å². The molecule has 0 saturated carbocycles. The van der Waals surface area contributed by atoms with Crippen molar-refractivity contribution in [3.63, 3.8) is 0 Å². The molecule has 2 aromatic carbocycles. The van der Waals surface area contributed by atoms with E-state index in [1.165, 1.54) is 31.6 Å². The number of ether oxygens (including phenoxy) is 4. The van der Waals surface area contributed by atoms with Crippen LogP contribution in [-0.4, -0.2) is 124 Å². The summed E-state index contributed by atoms with van der Waals surface area (Å²) in [6, 6.07) is 5.05. The van der Waals surface area contributed by atoms with Gasteiger partial charge in [-0.1, -0.05) is 6.92 Å². The normalized spacial score (nSPS) is 12.4. The second-order valence-electron chi connectivity index (χ2n) is 19.4. The maximum Gasteiger partial charge on any atom is 0.414 e. The number of fused-ring (bicyclic) bond motifs is 1. The molecule has 4 aromatic rings. The first-order valence-corrected chi connectivity index (χ1v) is 23.5. The molecule has 0 aliphatic heterocycles. The highest BCUT2D eigenvalue weighted by molar-refractivity contribution is 6.02. The highest BCUT2D eigenvalue weighted by atomic mass is 19.2. The zero-order chi connectivity index (χ0) is 54.3. The third-order valence-electron chi connectivity index (χ3n) is 9.86. The van der Waals surface area contributed by atoms with Crippen LogP contribution in [0.2, 0.25) is 0 Å². The number of halogens is 2. The number of guanidine groups is 1. The molecule has 0 radical (unpaired) electrons. The summed E-state index contributed by atoms with van der Waals surface area (Å²) in [4.78, 5) is 92.2. The molecule has 2 atom stereocenters. The number of aliphatic hydroxyl groups is 1. The number of hydrogen-bond donors (Lipinski definition) is 8. The summed E-state index contributed by atoms with van der Waals surface area (Å²) >= 11 is 0. The molecule has 22 nitrogen and oxygen atoms in total. The van der Waals surface area contributed by atoms with Crippen LogP contribution in [0.5, 0.6) is 5.75 Å². The smallest absolute Gasteiger partial charge is 0.414 e. The summed E-state index contributed by atoms with van der Waals surface area (Å²) in [5.74, 6) is -4.60. The lowest BCUT2D eigenvalue weighted by atomic mass is 10.0. The molecule has 24 heteroatoms. The number of rotatable bonds is 19. The summed E-state index contributed by atoms with van der Waals surface area (Å²) in [6.45, 7) is 15.7. The van der Waals surface area contributed by atoms with Crippen LogP contribution in [0, 0.1) is 11.6 Å². The van der Waals surface area contributed by atoms with E-state index >= 15 is 4.39 Å². The summed E-state index contributed by atoms with van der Waals surface area (Å²) in [6.07, 6.45) is 2.27. The number of aliphatic imine (C=N–C) groups is 1. The number of methoxy groups -OCH3 is 1. The Kier molecular flexibility index (Phi) is 20.4. The Morgan fingerprint density at radius 3 is 2.00 bits per heavy atom. The van der Waals surface area contributed by atoms with Gasteiger partial charge in [-0.05, 0) is 124 Å². The fourth-order valence-electron chi connectivity index (χ4n) is 6.71. The number of aliphatic hydroxyl groups excluding tert-OH is 1. The lowest BCUT2D eigenvalue weighted by Gasteiger charge is -2.25. The molecular formula is C49H67F2N11O11. The Morgan fingerprint density at radius 2 is 1.40 bits per heavy atom. The van der Waals surface area contributed by atoms with Gasteiger partial charge in [-0.3, -0.25) is 29.4 Å². The average molecular weight is 1020 g/mol. The Bertz CT molecular complexity index is 2610. The van der Waals surface area contributed by atoms with Crippen molar-refractivity contribution in [1.29, 1.82) is 0 Å². The number of alkyl carbamates (subject to hydrolysis) is 3. The maximum absolute atomic E-state index is 15.0. The van der Waals surface area contributed by atoms with E-state index < -0.39 is 89.0 Å². The average Bonchev–Trinajstić information content (AvgIpc) is 3.72. The Labute approximate surface area is 422 Å². The number of nitrogens with one attached hydrogen (secondary N) is 7. The van der Waals surface area contributed by atoms with Gasteiger partial charge in [-0.15, -0.1) is 0 Å². The van der Waals surface area contributed by atoms with Gasteiger partial charge >= 0.3 is 18.3 Å². The van der Waals surface area contributed by atoms with Crippen molar-refractivity contribution in [1.82, 2.24) is 46.3 Å². The maximum atomic E-state index is 15.0. The fraction of sp³-hybridized carbons (Fsp3) is 0.490. The third-order valence-corrected chi connectivity index (χ3v) is 9.86. The van der Waals surface area contributed by atoms with Gasteiger partial charge < -0.3 is 50.6 Å². The van der Waals surface area contributed by atoms with Gasteiger partial charge in [0.15, 0.2) is 23.0 Å². The number of aryl methyl sites for hydroxylation is 1. The highest BCUT2D eigenvalue weighted by Gasteiger charge is 2.30. The SMILES string of the molecule is CCc1cc(Nc2nccn3c(-c4ccc(OC)c(F)c4F)cnc23)ccc1C(=O)NCCCNC(=O)C(CN=C(NC(=O)OC(C)(C)C)NC(=O)OC(C)(C)C)NC(=O)C(CCCO)NC(=O)OC(C)(C)C. The number of imidazole rings is 1. The van der Waals surface area contributed by atoms with Crippen LogP contribution >= 0.6 is 0 Å². The number of aromatic nitrogens is 3. The second-order valence-corrected chi connectivity index (χ2v) is 19.4. The second kappa shape index (κ2) is 25.7. The molecule has 2 aromatic heterocycles. The number of anilines is 2. The minimum Gasteiger partial charge on any atom is -0.494 e.